The van der Waals surface area contributed by atoms with Crippen LogP contribution >= 0.6 is 0 Å². The van der Waals surface area contributed by atoms with Crippen molar-refractivity contribution in [3.05, 3.63) is 81.9 Å². The van der Waals surface area contributed by atoms with E-state index in [4.69, 9.17) is 19.8 Å². The third kappa shape index (κ3) is 15.7. The number of aliphatic imine (C=N–C) groups is 2. The number of hydrogen-bond donors (Lipinski definition) is 2. The third-order valence-corrected chi connectivity index (χ3v) is 5.62. The van der Waals surface area contributed by atoms with Crippen LogP contribution < -0.4 is 10.2 Å². The Morgan fingerprint density at radius 1 is 0.698 bits per heavy atom. The van der Waals surface area contributed by atoms with Gasteiger partial charge in [-0.25, -0.2) is 0 Å². The summed E-state index contributed by atoms with van der Waals surface area (Å²) in [6.07, 6.45) is 5.35. The molecule has 233 valence electrons. The van der Waals surface area contributed by atoms with Crippen molar-refractivity contribution in [3.63, 3.8) is 0 Å². The number of aryl methyl sites for hydroxylation is 2. The first-order valence-corrected chi connectivity index (χ1v) is 13.8. The number of carboxylic acid groups (broad SMARTS) is 2. The van der Waals surface area contributed by atoms with Crippen molar-refractivity contribution in [2.75, 3.05) is 0 Å². The maximum absolute atomic E-state index is 10.4. The smallest absolute Gasteiger partial charge is 0.550 e. The number of benzene rings is 3. The Labute approximate surface area is 265 Å². The average molecular weight is 634 g/mol. The maximum atomic E-state index is 10.4. The summed E-state index contributed by atoms with van der Waals surface area (Å²) in [7, 11) is 0. The summed E-state index contributed by atoms with van der Waals surface area (Å²) in [5, 5.41) is 38.6. The number of aromatic hydroxyl groups is 2. The minimum absolute atomic E-state index is 0. The predicted molar refractivity (Wildman–Crippen MR) is 165 cm³/mol. The second kappa shape index (κ2) is 19.3. The molecule has 0 heterocycles. The first kappa shape index (κ1) is 39.0. The molecule has 43 heavy (non-hydrogen) atoms. The SMILES string of the molecule is CC(=O)[O-].CC(=O)[O-].Cc1cc(CC(C)C)cc(C=Nc2ccc(N=Cc3cc(CC(C)C)cc(C)c3O)cc2)c1O.[Co+2]. The Kier molecular flexibility index (Phi) is 17.5. The molecule has 8 nitrogen and oxygen atoms in total. The Morgan fingerprint density at radius 2 is 0.977 bits per heavy atom. The molecule has 0 spiro atoms. The second-order valence-corrected chi connectivity index (χ2v) is 10.9. The molecule has 0 atom stereocenters. The largest absolute Gasteiger partial charge is 2.00 e. The molecular formula is C34H42CoN2O6. The van der Waals surface area contributed by atoms with E-state index in [0.29, 0.717) is 11.8 Å². The number of phenols is 2. The monoisotopic (exact) mass is 633 g/mol. The first-order chi connectivity index (χ1) is 19.6. The number of phenolic OH excluding ortho intramolecular Hbond substituents is 2. The molecule has 3 aromatic carbocycles. The number of hydrogen-bond acceptors (Lipinski definition) is 8. The van der Waals surface area contributed by atoms with E-state index in [9.17, 15) is 10.2 Å². The van der Waals surface area contributed by atoms with Gasteiger partial charge < -0.3 is 30.0 Å². The third-order valence-electron chi connectivity index (χ3n) is 5.62. The second-order valence-electron chi connectivity index (χ2n) is 10.9. The molecule has 3 rings (SSSR count). The van der Waals surface area contributed by atoms with E-state index >= 15 is 0 Å². The zero-order valence-electron chi connectivity index (χ0n) is 26.1. The number of nitrogens with zero attached hydrogens (tertiary/aromatic N) is 2. The van der Waals surface area contributed by atoms with E-state index in [1.165, 1.54) is 11.1 Å². The summed E-state index contributed by atoms with van der Waals surface area (Å²) in [5.41, 5.74) is 7.14. The summed E-state index contributed by atoms with van der Waals surface area (Å²) in [6, 6.07) is 15.7. The topological polar surface area (TPSA) is 145 Å². The van der Waals surface area contributed by atoms with Gasteiger partial charge in [-0.2, -0.15) is 0 Å². The summed E-state index contributed by atoms with van der Waals surface area (Å²) in [6.45, 7) is 14.5. The van der Waals surface area contributed by atoms with Crippen LogP contribution in [0.25, 0.3) is 0 Å². The van der Waals surface area contributed by atoms with E-state index < -0.39 is 11.9 Å². The fourth-order valence-corrected chi connectivity index (χ4v) is 4.06. The van der Waals surface area contributed by atoms with Crippen molar-refractivity contribution >= 4 is 35.7 Å². The predicted octanol–water partition coefficient (Wildman–Crippen LogP) is 5.12. The van der Waals surface area contributed by atoms with Crippen LogP contribution in [0.1, 0.15) is 74.9 Å². The van der Waals surface area contributed by atoms with Crippen LogP contribution in [0.15, 0.2) is 58.5 Å². The number of rotatable bonds is 8. The summed E-state index contributed by atoms with van der Waals surface area (Å²) < 4.78 is 0. The van der Waals surface area contributed by atoms with Gasteiger partial charge in [0.15, 0.2) is 0 Å². The van der Waals surface area contributed by atoms with Crippen molar-refractivity contribution in [2.45, 2.75) is 68.2 Å². The number of aliphatic carboxylic acids is 2. The van der Waals surface area contributed by atoms with Gasteiger partial charge in [-0.15, -0.1) is 0 Å². The molecular weight excluding hydrogens is 591 g/mol. The zero-order valence-corrected chi connectivity index (χ0v) is 27.1. The van der Waals surface area contributed by atoms with Gasteiger partial charge in [-0.05, 0) is 111 Å². The van der Waals surface area contributed by atoms with Gasteiger partial charge in [-0.3, -0.25) is 9.98 Å². The van der Waals surface area contributed by atoms with E-state index in [1.807, 2.05) is 62.4 Å². The van der Waals surface area contributed by atoms with Gasteiger partial charge >= 0.3 is 16.8 Å². The van der Waals surface area contributed by atoms with Crippen LogP contribution in [-0.2, 0) is 39.2 Å². The minimum Gasteiger partial charge on any atom is -0.550 e. The van der Waals surface area contributed by atoms with Crippen molar-refractivity contribution in [1.29, 1.82) is 0 Å². The molecule has 0 saturated heterocycles. The Hall–Kier alpha value is -3.95. The van der Waals surface area contributed by atoms with Gasteiger partial charge in [0, 0.05) is 35.5 Å². The number of carboxylic acids is 2. The summed E-state index contributed by atoms with van der Waals surface area (Å²) in [4.78, 5) is 26.9. The Balaban J connectivity index is 0.00000174. The van der Waals surface area contributed by atoms with Gasteiger partial charge in [0.1, 0.15) is 11.5 Å². The van der Waals surface area contributed by atoms with Gasteiger partial charge in [0.05, 0.1) is 11.4 Å². The molecule has 0 aliphatic carbocycles. The molecule has 3 aromatic rings. The van der Waals surface area contributed by atoms with Crippen LogP contribution in [0.5, 0.6) is 11.5 Å². The van der Waals surface area contributed by atoms with E-state index in [0.717, 1.165) is 60.3 Å². The van der Waals surface area contributed by atoms with Crippen molar-refractivity contribution < 1.29 is 46.8 Å². The minimum atomic E-state index is -1.08. The molecule has 0 bridgehead atoms. The van der Waals surface area contributed by atoms with Gasteiger partial charge in [-0.1, -0.05) is 39.8 Å². The maximum Gasteiger partial charge on any atom is 2.00 e. The molecule has 0 aliphatic heterocycles. The summed E-state index contributed by atoms with van der Waals surface area (Å²) >= 11 is 0. The molecule has 9 heteroatoms. The van der Waals surface area contributed by atoms with Crippen molar-refractivity contribution in [1.82, 2.24) is 0 Å². The van der Waals surface area contributed by atoms with Gasteiger partial charge in [0.2, 0.25) is 0 Å². The van der Waals surface area contributed by atoms with E-state index in [-0.39, 0.29) is 28.3 Å². The van der Waals surface area contributed by atoms with Crippen LogP contribution in [0.2, 0.25) is 0 Å². The quantitative estimate of drug-likeness (QED) is 0.329. The molecule has 0 amide bonds. The molecule has 0 aliphatic rings. The van der Waals surface area contributed by atoms with Crippen molar-refractivity contribution in [3.8, 4) is 11.5 Å². The average Bonchev–Trinajstić information content (AvgIpc) is 2.85. The first-order valence-electron chi connectivity index (χ1n) is 13.8. The Morgan fingerprint density at radius 3 is 1.23 bits per heavy atom. The normalized spacial score (nSPS) is 10.7. The fourth-order valence-electron chi connectivity index (χ4n) is 4.06. The Bertz CT molecular complexity index is 1280. The number of carbonyl (C=O) groups is 2. The molecule has 1 radical (unpaired) electrons. The fraction of sp³-hybridized carbons (Fsp3) is 0.353. The molecule has 0 unspecified atom stereocenters. The van der Waals surface area contributed by atoms with Crippen LogP contribution in [0.4, 0.5) is 11.4 Å². The van der Waals surface area contributed by atoms with E-state index in [1.54, 1.807) is 12.4 Å². The molecule has 0 aromatic heterocycles. The molecule has 0 saturated carbocycles. The number of carbonyl (C=O) groups excluding carboxylic acids is 2. The van der Waals surface area contributed by atoms with E-state index in [2.05, 4.69) is 37.7 Å². The molecule has 2 N–H and O–H groups in total. The standard InChI is InChI=1S/C30H36N2O2.2C2H4O2.Co/c1-19(2)11-23-13-21(5)29(33)25(15-23)17-31-27-7-9-28(10-8-27)32-18-26-16-24(12-20(3)4)14-22(6)30(26)34;2*1-2(3)4;/h7-10,13-20,33-34H,11-12H2,1-6H3;2*1H3,(H,3,4);/q;;;+2/p-2. The summed E-state index contributed by atoms with van der Waals surface area (Å²) in [5.74, 6) is -0.532. The zero-order chi connectivity index (χ0) is 32.0. The van der Waals surface area contributed by atoms with Gasteiger partial charge in [0.25, 0.3) is 0 Å². The van der Waals surface area contributed by atoms with Crippen molar-refractivity contribution in [2.24, 2.45) is 21.8 Å². The van der Waals surface area contributed by atoms with Crippen LogP contribution in [0.3, 0.4) is 0 Å². The van der Waals surface area contributed by atoms with Crippen LogP contribution in [0, 0.1) is 25.7 Å². The van der Waals surface area contributed by atoms with Crippen LogP contribution in [-0.4, -0.2) is 34.6 Å². The molecule has 0 fully saturated rings.